The van der Waals surface area contributed by atoms with Crippen LogP contribution in [0.1, 0.15) is 16.1 Å². The lowest BCUT2D eigenvalue weighted by molar-refractivity contribution is 0.0946. The van der Waals surface area contributed by atoms with Crippen LogP contribution in [0, 0.1) is 0 Å². The van der Waals surface area contributed by atoms with Crippen molar-refractivity contribution in [1.29, 1.82) is 0 Å². The van der Waals surface area contributed by atoms with Crippen LogP contribution in [0.3, 0.4) is 0 Å². The Kier molecular flexibility index (Phi) is 3.66. The number of aromatic nitrogens is 2. The monoisotopic (exact) mass is 269 g/mol. The maximum atomic E-state index is 11.7. The Morgan fingerprint density at radius 3 is 2.59 bits per heavy atom. The zero-order chi connectivity index (χ0) is 12.3. The predicted molar refractivity (Wildman–Crippen MR) is 66.2 cm³/mol. The highest BCUT2D eigenvalue weighted by Gasteiger charge is 2.11. The van der Waals surface area contributed by atoms with Crippen LogP contribution in [0.2, 0.25) is 10.0 Å². The number of carbonyl (C=O) groups excluding carboxylic acids is 1. The van der Waals surface area contributed by atoms with Gasteiger partial charge in [0.1, 0.15) is 5.69 Å². The maximum Gasteiger partial charge on any atom is 0.271 e. The minimum Gasteiger partial charge on any atom is -0.347 e. The van der Waals surface area contributed by atoms with Crippen molar-refractivity contribution in [3.8, 4) is 0 Å². The van der Waals surface area contributed by atoms with E-state index < -0.39 is 0 Å². The fraction of sp³-hybridized carbons (Fsp3) is 0.0909. The van der Waals surface area contributed by atoms with E-state index in [1.807, 2.05) is 12.1 Å². The number of nitrogens with one attached hydrogen (secondary N) is 2. The Balaban J connectivity index is 1.97. The van der Waals surface area contributed by atoms with Gasteiger partial charge < -0.3 is 5.32 Å². The van der Waals surface area contributed by atoms with Gasteiger partial charge >= 0.3 is 0 Å². The quantitative estimate of drug-likeness (QED) is 0.900. The van der Waals surface area contributed by atoms with E-state index in [-0.39, 0.29) is 11.6 Å². The molecule has 0 atom stereocenters. The fourth-order valence-corrected chi connectivity index (χ4v) is 1.61. The van der Waals surface area contributed by atoms with Gasteiger partial charge in [0.25, 0.3) is 5.91 Å². The van der Waals surface area contributed by atoms with Crippen LogP contribution in [0.4, 0.5) is 0 Å². The summed E-state index contributed by atoms with van der Waals surface area (Å²) in [5, 5.41) is 9.90. The largest absolute Gasteiger partial charge is 0.347 e. The highest BCUT2D eigenvalue weighted by Crippen LogP contribution is 2.12. The van der Waals surface area contributed by atoms with E-state index in [4.69, 9.17) is 23.2 Å². The van der Waals surface area contributed by atoms with Crippen molar-refractivity contribution < 1.29 is 4.79 Å². The number of nitrogens with zero attached hydrogens (tertiary/aromatic N) is 1. The molecule has 1 aromatic heterocycles. The fourth-order valence-electron chi connectivity index (χ4n) is 1.30. The molecule has 88 valence electrons. The summed E-state index contributed by atoms with van der Waals surface area (Å²) in [5.41, 5.74) is 1.22. The molecule has 0 saturated heterocycles. The average Bonchev–Trinajstić information content (AvgIpc) is 2.74. The third kappa shape index (κ3) is 2.99. The molecule has 2 aromatic rings. The Bertz CT molecular complexity index is 522. The summed E-state index contributed by atoms with van der Waals surface area (Å²) >= 11 is 11.5. The summed E-state index contributed by atoms with van der Waals surface area (Å²) in [7, 11) is 0. The van der Waals surface area contributed by atoms with Crippen molar-refractivity contribution in [2.45, 2.75) is 6.54 Å². The van der Waals surface area contributed by atoms with Gasteiger partial charge in [-0.25, -0.2) is 0 Å². The van der Waals surface area contributed by atoms with E-state index in [1.54, 1.807) is 12.1 Å². The third-order valence-electron chi connectivity index (χ3n) is 2.19. The van der Waals surface area contributed by atoms with Gasteiger partial charge in [0.2, 0.25) is 0 Å². The molecule has 1 heterocycles. The van der Waals surface area contributed by atoms with E-state index in [0.717, 1.165) is 5.56 Å². The van der Waals surface area contributed by atoms with Crippen LogP contribution in [0.25, 0.3) is 0 Å². The van der Waals surface area contributed by atoms with Crippen molar-refractivity contribution in [3.63, 3.8) is 0 Å². The van der Waals surface area contributed by atoms with Crippen LogP contribution >= 0.6 is 23.2 Å². The number of hydrogen-bond donors (Lipinski definition) is 2. The lowest BCUT2D eigenvalue weighted by atomic mass is 10.2. The van der Waals surface area contributed by atoms with Crippen LogP contribution in [-0.4, -0.2) is 16.1 Å². The number of aromatic amines is 1. The van der Waals surface area contributed by atoms with Gasteiger partial charge in [-0.3, -0.25) is 9.89 Å². The van der Waals surface area contributed by atoms with Crippen LogP contribution in [-0.2, 0) is 6.54 Å². The molecule has 0 fully saturated rings. The molecule has 2 N–H and O–H groups in total. The topological polar surface area (TPSA) is 57.8 Å². The van der Waals surface area contributed by atoms with Crippen LogP contribution in [0.15, 0.2) is 30.5 Å². The molecule has 2 rings (SSSR count). The molecule has 0 spiro atoms. The normalized spacial score (nSPS) is 10.2. The molecule has 0 radical (unpaired) electrons. The molecule has 17 heavy (non-hydrogen) atoms. The van der Waals surface area contributed by atoms with Gasteiger partial charge in [0.05, 0.1) is 11.2 Å². The number of carbonyl (C=O) groups is 1. The third-order valence-corrected chi connectivity index (χ3v) is 2.73. The lowest BCUT2D eigenvalue weighted by Gasteiger charge is -2.04. The van der Waals surface area contributed by atoms with Gasteiger partial charge in [-0.15, -0.1) is 0 Å². The molecule has 0 bridgehead atoms. The molecule has 0 aliphatic rings. The van der Waals surface area contributed by atoms with Crippen LogP contribution in [0.5, 0.6) is 0 Å². The van der Waals surface area contributed by atoms with Crippen LogP contribution < -0.4 is 5.32 Å². The molecule has 4 nitrogen and oxygen atoms in total. The highest BCUT2D eigenvalue weighted by atomic mass is 35.5. The Morgan fingerprint density at radius 1 is 1.29 bits per heavy atom. The lowest BCUT2D eigenvalue weighted by Crippen LogP contribution is -2.23. The summed E-state index contributed by atoms with van der Waals surface area (Å²) in [4.78, 5) is 11.7. The number of H-pyrrole nitrogens is 1. The first-order valence-corrected chi connectivity index (χ1v) is 5.64. The van der Waals surface area contributed by atoms with Gasteiger partial charge in [-0.05, 0) is 17.7 Å². The number of rotatable bonds is 3. The number of hydrogen-bond acceptors (Lipinski definition) is 2. The van der Waals surface area contributed by atoms with Crippen molar-refractivity contribution in [2.75, 3.05) is 0 Å². The van der Waals surface area contributed by atoms with Crippen molar-refractivity contribution in [3.05, 3.63) is 51.8 Å². The molecule has 6 heteroatoms. The minimum absolute atomic E-state index is 0.264. The first-order chi connectivity index (χ1) is 8.16. The number of benzene rings is 1. The molecular formula is C11H9Cl2N3O. The van der Waals surface area contributed by atoms with E-state index in [1.165, 1.54) is 6.20 Å². The Morgan fingerprint density at radius 2 is 2.00 bits per heavy atom. The zero-order valence-electron chi connectivity index (χ0n) is 8.71. The predicted octanol–water partition coefficient (Wildman–Crippen LogP) is 2.65. The SMILES string of the molecule is O=C(NCc1ccc(Cl)cc1)c1[nH]ncc1Cl. The molecule has 0 aliphatic heterocycles. The zero-order valence-corrected chi connectivity index (χ0v) is 10.2. The van der Waals surface area contributed by atoms with Gasteiger partial charge in [-0.1, -0.05) is 35.3 Å². The van der Waals surface area contributed by atoms with Crippen molar-refractivity contribution in [1.82, 2.24) is 15.5 Å². The number of amides is 1. The van der Waals surface area contributed by atoms with Gasteiger partial charge in [-0.2, -0.15) is 5.10 Å². The van der Waals surface area contributed by atoms with Crippen molar-refractivity contribution >= 4 is 29.1 Å². The summed E-state index contributed by atoms with van der Waals surface area (Å²) in [6.07, 6.45) is 1.39. The van der Waals surface area contributed by atoms with E-state index >= 15 is 0 Å². The van der Waals surface area contributed by atoms with Gasteiger partial charge in [0, 0.05) is 11.6 Å². The Hall–Kier alpha value is -1.52. The van der Waals surface area contributed by atoms with Crippen molar-refractivity contribution in [2.24, 2.45) is 0 Å². The summed E-state index contributed by atoms with van der Waals surface area (Å²) in [5.74, 6) is -0.289. The second-order valence-corrected chi connectivity index (χ2v) is 4.25. The summed E-state index contributed by atoms with van der Waals surface area (Å²) in [6.45, 7) is 0.408. The summed E-state index contributed by atoms with van der Waals surface area (Å²) in [6, 6.07) is 7.23. The second-order valence-electron chi connectivity index (χ2n) is 3.40. The Labute approximate surface area is 108 Å². The molecule has 0 unspecified atom stereocenters. The van der Waals surface area contributed by atoms with Gasteiger partial charge in [0.15, 0.2) is 0 Å². The highest BCUT2D eigenvalue weighted by molar-refractivity contribution is 6.33. The molecule has 1 amide bonds. The number of halogens is 2. The van der Waals surface area contributed by atoms with E-state index in [2.05, 4.69) is 15.5 Å². The first kappa shape index (κ1) is 12.0. The second kappa shape index (κ2) is 5.21. The van der Waals surface area contributed by atoms with E-state index in [0.29, 0.717) is 16.6 Å². The molecule has 1 aromatic carbocycles. The first-order valence-electron chi connectivity index (χ1n) is 4.88. The standard InChI is InChI=1S/C11H9Cl2N3O/c12-8-3-1-7(2-4-8)5-14-11(17)10-9(13)6-15-16-10/h1-4,6H,5H2,(H,14,17)(H,15,16). The molecular weight excluding hydrogens is 261 g/mol. The summed E-state index contributed by atoms with van der Waals surface area (Å²) < 4.78 is 0. The smallest absolute Gasteiger partial charge is 0.271 e. The minimum atomic E-state index is -0.289. The van der Waals surface area contributed by atoms with E-state index in [9.17, 15) is 4.79 Å². The molecule has 0 saturated carbocycles. The average molecular weight is 270 g/mol. The maximum absolute atomic E-state index is 11.7. The molecule has 0 aliphatic carbocycles.